The fourth-order valence-electron chi connectivity index (χ4n) is 4.65. The lowest BCUT2D eigenvalue weighted by molar-refractivity contribution is -0.146. The number of ether oxygens (including phenoxy) is 4. The number of carbonyl (C=O) groups excluding carboxylic acids is 2. The molecule has 3 rings (SSSR count). The maximum Gasteiger partial charge on any atom is 0.343 e. The average Bonchev–Trinajstić information content (AvgIpc) is 3.03. The highest BCUT2D eigenvalue weighted by atomic mass is 16.6. The van der Waals surface area contributed by atoms with Crippen LogP contribution in [0, 0.1) is 12.8 Å². The van der Waals surface area contributed by atoms with Crippen LogP contribution in [0.5, 0.6) is 17.2 Å². The molecule has 3 aromatic rings. The predicted octanol–water partition coefficient (Wildman–Crippen LogP) is 9.76. The largest absolute Gasteiger partial charge is 0.493 e. The van der Waals surface area contributed by atoms with E-state index in [1.165, 1.54) is 44.9 Å². The number of unbranched alkanes of at least 4 members (excludes halogenated alkanes) is 7. The first-order valence-corrected chi connectivity index (χ1v) is 16.3. The molecule has 0 amide bonds. The van der Waals surface area contributed by atoms with Gasteiger partial charge >= 0.3 is 11.9 Å². The summed E-state index contributed by atoms with van der Waals surface area (Å²) < 4.78 is 22.7. The molecular weight excluding hydrogens is 552 g/mol. The Morgan fingerprint density at radius 2 is 1.27 bits per heavy atom. The SMILES string of the molecule is CCCCCCCCCCOc1ccc(C(=O)Oc2ccc(-c3ccc(OC(=O)C(C)OCC(C)CC)cc3)cc2)cc1C. The van der Waals surface area contributed by atoms with Gasteiger partial charge in [0.1, 0.15) is 17.2 Å². The molecule has 0 spiro atoms. The molecule has 0 radical (unpaired) electrons. The van der Waals surface area contributed by atoms with Gasteiger partial charge in [0, 0.05) is 0 Å². The Morgan fingerprint density at radius 1 is 0.705 bits per heavy atom. The first kappa shape index (κ1) is 34.8. The Bertz CT molecular complexity index is 1280. The van der Waals surface area contributed by atoms with Crippen molar-refractivity contribution in [2.24, 2.45) is 5.92 Å². The molecule has 0 saturated carbocycles. The van der Waals surface area contributed by atoms with E-state index in [1.807, 2.05) is 43.3 Å². The Morgan fingerprint density at radius 3 is 1.84 bits per heavy atom. The highest BCUT2D eigenvalue weighted by Gasteiger charge is 2.17. The third-order valence-corrected chi connectivity index (χ3v) is 7.80. The fraction of sp³-hybridized carbons (Fsp3) is 0.474. The topological polar surface area (TPSA) is 71.1 Å². The van der Waals surface area contributed by atoms with Crippen molar-refractivity contribution in [2.45, 2.75) is 98.5 Å². The van der Waals surface area contributed by atoms with E-state index in [1.54, 1.807) is 37.3 Å². The van der Waals surface area contributed by atoms with Crippen molar-refractivity contribution in [1.29, 1.82) is 0 Å². The van der Waals surface area contributed by atoms with E-state index < -0.39 is 18.0 Å². The van der Waals surface area contributed by atoms with E-state index >= 15 is 0 Å². The van der Waals surface area contributed by atoms with Crippen LogP contribution in [0.3, 0.4) is 0 Å². The van der Waals surface area contributed by atoms with Gasteiger partial charge in [-0.1, -0.05) is 96.4 Å². The average molecular weight is 603 g/mol. The van der Waals surface area contributed by atoms with Crippen LogP contribution < -0.4 is 14.2 Å². The number of aryl methyl sites for hydroxylation is 1. The summed E-state index contributed by atoms with van der Waals surface area (Å²) in [5, 5.41) is 0. The second-order valence-corrected chi connectivity index (χ2v) is 11.7. The standard InChI is InChI=1S/C38H50O6/c1-6-8-9-10-11-12-13-14-25-41-36-24-19-33(26-29(36)4)38(40)44-35-22-17-32(18-23-35)31-15-20-34(21-16-31)43-37(39)30(5)42-27-28(3)7-2/h15-24,26,28,30H,6-14,25,27H2,1-5H3. The van der Waals surface area contributed by atoms with E-state index in [4.69, 9.17) is 18.9 Å². The second kappa shape index (κ2) is 18.9. The van der Waals surface area contributed by atoms with E-state index in [9.17, 15) is 9.59 Å². The molecule has 6 heteroatoms. The molecule has 2 unspecified atom stereocenters. The second-order valence-electron chi connectivity index (χ2n) is 11.7. The van der Waals surface area contributed by atoms with Crippen LogP contribution in [0.15, 0.2) is 66.7 Å². The molecule has 0 heterocycles. The van der Waals surface area contributed by atoms with Gasteiger partial charge in [-0.15, -0.1) is 0 Å². The summed E-state index contributed by atoms with van der Waals surface area (Å²) >= 11 is 0. The maximum atomic E-state index is 12.8. The van der Waals surface area contributed by atoms with E-state index in [2.05, 4.69) is 20.8 Å². The predicted molar refractivity (Wildman–Crippen MR) is 177 cm³/mol. The summed E-state index contributed by atoms with van der Waals surface area (Å²) in [6.45, 7) is 11.3. The van der Waals surface area contributed by atoms with Crippen molar-refractivity contribution >= 4 is 11.9 Å². The quantitative estimate of drug-likeness (QED) is 0.0773. The number of hydrogen-bond donors (Lipinski definition) is 0. The summed E-state index contributed by atoms with van der Waals surface area (Å²) in [5.74, 6) is 1.29. The van der Waals surface area contributed by atoms with Gasteiger partial charge in [0.15, 0.2) is 6.10 Å². The summed E-state index contributed by atoms with van der Waals surface area (Å²) in [5.41, 5.74) is 3.29. The zero-order valence-corrected chi connectivity index (χ0v) is 27.2. The number of hydrogen-bond acceptors (Lipinski definition) is 6. The highest BCUT2D eigenvalue weighted by Crippen LogP contribution is 2.26. The summed E-state index contributed by atoms with van der Waals surface area (Å²) in [7, 11) is 0. The molecule has 0 N–H and O–H groups in total. The molecule has 0 bridgehead atoms. The van der Waals surface area contributed by atoms with Crippen molar-refractivity contribution in [3.05, 3.63) is 77.9 Å². The first-order valence-electron chi connectivity index (χ1n) is 16.3. The minimum atomic E-state index is -0.626. The zero-order chi connectivity index (χ0) is 31.7. The molecule has 238 valence electrons. The minimum Gasteiger partial charge on any atom is -0.493 e. The van der Waals surface area contributed by atoms with Crippen LogP contribution in [0.25, 0.3) is 11.1 Å². The number of rotatable bonds is 19. The Balaban J connectivity index is 1.44. The number of esters is 2. The third kappa shape index (κ3) is 11.8. The monoisotopic (exact) mass is 602 g/mol. The fourth-order valence-corrected chi connectivity index (χ4v) is 4.65. The molecule has 0 aliphatic heterocycles. The van der Waals surface area contributed by atoms with Crippen LogP contribution in [-0.4, -0.2) is 31.3 Å². The number of benzene rings is 3. The molecule has 0 aliphatic carbocycles. The van der Waals surface area contributed by atoms with Crippen molar-refractivity contribution < 1.29 is 28.5 Å². The van der Waals surface area contributed by atoms with Crippen LogP contribution >= 0.6 is 0 Å². The molecule has 44 heavy (non-hydrogen) atoms. The third-order valence-electron chi connectivity index (χ3n) is 7.80. The Kier molecular flexibility index (Phi) is 15.0. The van der Waals surface area contributed by atoms with Gasteiger partial charge in [-0.25, -0.2) is 9.59 Å². The van der Waals surface area contributed by atoms with Gasteiger partial charge in [-0.05, 0) is 85.3 Å². The molecule has 0 aliphatic rings. The normalized spacial score (nSPS) is 12.4. The van der Waals surface area contributed by atoms with Gasteiger partial charge in [0.05, 0.1) is 18.8 Å². The molecule has 0 aromatic heterocycles. The van der Waals surface area contributed by atoms with Crippen LogP contribution in [-0.2, 0) is 9.53 Å². The van der Waals surface area contributed by atoms with Gasteiger partial charge in [0.2, 0.25) is 0 Å². The zero-order valence-electron chi connectivity index (χ0n) is 27.2. The van der Waals surface area contributed by atoms with E-state index in [0.717, 1.165) is 35.3 Å². The van der Waals surface area contributed by atoms with E-state index in [0.29, 0.717) is 36.2 Å². The maximum absolute atomic E-state index is 12.8. The van der Waals surface area contributed by atoms with Crippen molar-refractivity contribution in [3.8, 4) is 28.4 Å². The van der Waals surface area contributed by atoms with Gasteiger partial charge in [-0.2, -0.15) is 0 Å². The van der Waals surface area contributed by atoms with Crippen LogP contribution in [0.2, 0.25) is 0 Å². The van der Waals surface area contributed by atoms with Gasteiger partial charge in [-0.3, -0.25) is 0 Å². The minimum absolute atomic E-state index is 0.393. The molecule has 6 nitrogen and oxygen atoms in total. The molecule has 3 aromatic carbocycles. The van der Waals surface area contributed by atoms with Gasteiger partial charge < -0.3 is 18.9 Å². The van der Waals surface area contributed by atoms with E-state index in [-0.39, 0.29) is 0 Å². The first-order chi connectivity index (χ1) is 21.3. The Hall–Kier alpha value is -3.64. The van der Waals surface area contributed by atoms with Crippen LogP contribution in [0.1, 0.15) is 101 Å². The summed E-state index contributed by atoms with van der Waals surface area (Å²) in [6.07, 6.45) is 10.5. The molecular formula is C38H50O6. The lowest BCUT2D eigenvalue weighted by atomic mass is 10.1. The smallest absolute Gasteiger partial charge is 0.343 e. The molecule has 2 atom stereocenters. The molecule has 0 saturated heterocycles. The van der Waals surface area contributed by atoms with Crippen molar-refractivity contribution in [3.63, 3.8) is 0 Å². The summed E-state index contributed by atoms with van der Waals surface area (Å²) in [6, 6.07) is 20.0. The summed E-state index contributed by atoms with van der Waals surface area (Å²) in [4.78, 5) is 25.2. The Labute approximate surface area is 264 Å². The lowest BCUT2D eigenvalue weighted by Gasteiger charge is -2.15. The number of carbonyl (C=O) groups is 2. The lowest BCUT2D eigenvalue weighted by Crippen LogP contribution is -2.27. The van der Waals surface area contributed by atoms with Crippen molar-refractivity contribution in [1.82, 2.24) is 0 Å². The molecule has 0 fully saturated rings. The van der Waals surface area contributed by atoms with Crippen molar-refractivity contribution in [2.75, 3.05) is 13.2 Å². The van der Waals surface area contributed by atoms with Crippen LogP contribution in [0.4, 0.5) is 0 Å². The highest BCUT2D eigenvalue weighted by molar-refractivity contribution is 5.91. The van der Waals surface area contributed by atoms with Gasteiger partial charge in [0.25, 0.3) is 0 Å².